The zero-order valence-corrected chi connectivity index (χ0v) is 9.12. The average Bonchev–Trinajstić information content (AvgIpc) is 2.28. The molecule has 0 radical (unpaired) electrons. The van der Waals surface area contributed by atoms with Gasteiger partial charge in [0.2, 0.25) is 0 Å². The van der Waals surface area contributed by atoms with Crippen molar-refractivity contribution >= 4 is 5.91 Å². The lowest BCUT2D eigenvalue weighted by Gasteiger charge is -2.11. The maximum atomic E-state index is 11.7. The van der Waals surface area contributed by atoms with E-state index in [4.69, 9.17) is 6.42 Å². The van der Waals surface area contributed by atoms with Crippen molar-refractivity contribution in [2.75, 3.05) is 0 Å². The molecule has 0 aliphatic rings. The van der Waals surface area contributed by atoms with Gasteiger partial charge in [-0.25, -0.2) is 0 Å². The highest BCUT2D eigenvalue weighted by Gasteiger charge is 2.13. The van der Waals surface area contributed by atoms with Crippen LogP contribution in [0.1, 0.15) is 30.1 Å². The number of aromatic amines is 1. The first kappa shape index (κ1) is 12.1. The molecule has 0 spiro atoms. The first-order chi connectivity index (χ1) is 7.69. The topological polar surface area (TPSA) is 62.0 Å². The van der Waals surface area contributed by atoms with Crippen molar-refractivity contribution in [1.82, 2.24) is 10.3 Å². The lowest BCUT2D eigenvalue weighted by atomic mass is 10.1. The SMILES string of the molecule is C#CC(CCC)NC(=O)c1ccc[nH]c1=O. The minimum Gasteiger partial charge on any atom is -0.338 e. The van der Waals surface area contributed by atoms with Crippen LogP contribution in [0, 0.1) is 12.3 Å². The molecule has 0 fully saturated rings. The molecule has 2 N–H and O–H groups in total. The van der Waals surface area contributed by atoms with Gasteiger partial charge < -0.3 is 10.3 Å². The van der Waals surface area contributed by atoms with E-state index in [-0.39, 0.29) is 11.6 Å². The van der Waals surface area contributed by atoms with Crippen molar-refractivity contribution in [2.45, 2.75) is 25.8 Å². The van der Waals surface area contributed by atoms with Crippen molar-refractivity contribution in [3.63, 3.8) is 0 Å². The van der Waals surface area contributed by atoms with Crippen LogP contribution in [0.4, 0.5) is 0 Å². The Morgan fingerprint density at radius 3 is 3.00 bits per heavy atom. The number of hydrogen-bond acceptors (Lipinski definition) is 2. The van der Waals surface area contributed by atoms with Gasteiger partial charge in [0.25, 0.3) is 11.5 Å². The predicted octanol–water partition coefficient (Wildman–Crippen LogP) is 0.907. The molecule has 4 heteroatoms. The molecule has 1 rings (SSSR count). The Morgan fingerprint density at radius 1 is 1.69 bits per heavy atom. The van der Waals surface area contributed by atoms with E-state index < -0.39 is 11.5 Å². The Hall–Kier alpha value is -2.02. The zero-order chi connectivity index (χ0) is 12.0. The smallest absolute Gasteiger partial charge is 0.260 e. The summed E-state index contributed by atoms with van der Waals surface area (Å²) in [6.07, 6.45) is 8.33. The minimum atomic E-state index is -0.432. The van der Waals surface area contributed by atoms with Crippen molar-refractivity contribution < 1.29 is 4.79 Å². The van der Waals surface area contributed by atoms with Crippen LogP contribution < -0.4 is 10.9 Å². The Kier molecular flexibility index (Phi) is 4.34. The molecule has 16 heavy (non-hydrogen) atoms. The molecule has 1 atom stereocenters. The molecule has 1 aromatic heterocycles. The van der Waals surface area contributed by atoms with E-state index in [1.54, 1.807) is 6.07 Å². The number of H-pyrrole nitrogens is 1. The highest BCUT2D eigenvalue weighted by molar-refractivity contribution is 5.94. The Balaban J connectivity index is 2.77. The first-order valence-electron chi connectivity index (χ1n) is 5.13. The molecular weight excluding hydrogens is 204 g/mol. The molecule has 1 aromatic rings. The summed E-state index contributed by atoms with van der Waals surface area (Å²) in [7, 11) is 0. The summed E-state index contributed by atoms with van der Waals surface area (Å²) in [5.74, 6) is 2.05. The van der Waals surface area contributed by atoms with Gasteiger partial charge in [0.05, 0.1) is 6.04 Å². The fourth-order valence-corrected chi connectivity index (χ4v) is 1.32. The number of terminal acetylenes is 1. The summed E-state index contributed by atoms with van der Waals surface area (Å²) < 4.78 is 0. The van der Waals surface area contributed by atoms with Gasteiger partial charge in [-0.05, 0) is 18.6 Å². The fourth-order valence-electron chi connectivity index (χ4n) is 1.32. The monoisotopic (exact) mass is 218 g/mol. The predicted molar refractivity (Wildman–Crippen MR) is 62.1 cm³/mol. The van der Waals surface area contributed by atoms with E-state index in [2.05, 4.69) is 16.2 Å². The molecule has 84 valence electrons. The quantitative estimate of drug-likeness (QED) is 0.738. The summed E-state index contributed by atoms with van der Waals surface area (Å²) in [6.45, 7) is 1.98. The lowest BCUT2D eigenvalue weighted by molar-refractivity contribution is 0.0942. The van der Waals surface area contributed by atoms with E-state index in [0.29, 0.717) is 6.42 Å². The number of amides is 1. The molecule has 0 aromatic carbocycles. The number of pyridine rings is 1. The Bertz CT molecular complexity index is 457. The number of hydrogen-bond donors (Lipinski definition) is 2. The number of carbonyl (C=O) groups is 1. The highest BCUT2D eigenvalue weighted by Crippen LogP contribution is 1.97. The van der Waals surface area contributed by atoms with Crippen LogP contribution in [-0.4, -0.2) is 16.9 Å². The summed E-state index contributed by atoms with van der Waals surface area (Å²) in [5, 5.41) is 2.63. The van der Waals surface area contributed by atoms with Gasteiger partial charge in [-0.3, -0.25) is 9.59 Å². The van der Waals surface area contributed by atoms with E-state index in [0.717, 1.165) is 6.42 Å². The third-order valence-electron chi connectivity index (χ3n) is 2.15. The van der Waals surface area contributed by atoms with E-state index in [1.165, 1.54) is 12.3 Å². The van der Waals surface area contributed by atoms with Gasteiger partial charge in [-0.2, -0.15) is 0 Å². The number of rotatable bonds is 4. The number of nitrogens with one attached hydrogen (secondary N) is 2. The zero-order valence-electron chi connectivity index (χ0n) is 9.12. The van der Waals surface area contributed by atoms with Crippen LogP contribution in [0.25, 0.3) is 0 Å². The van der Waals surface area contributed by atoms with Crippen molar-refractivity contribution in [1.29, 1.82) is 0 Å². The summed E-state index contributed by atoms with van der Waals surface area (Å²) >= 11 is 0. The van der Waals surface area contributed by atoms with Gasteiger partial charge in [0.15, 0.2) is 0 Å². The minimum absolute atomic E-state index is 0.0823. The Morgan fingerprint density at radius 2 is 2.44 bits per heavy atom. The summed E-state index contributed by atoms with van der Waals surface area (Å²) in [6, 6.07) is 2.74. The fraction of sp³-hybridized carbons (Fsp3) is 0.333. The van der Waals surface area contributed by atoms with Crippen LogP contribution >= 0.6 is 0 Å². The van der Waals surface area contributed by atoms with Crippen LogP contribution in [0.2, 0.25) is 0 Å². The average molecular weight is 218 g/mol. The molecule has 0 saturated carbocycles. The molecule has 4 nitrogen and oxygen atoms in total. The lowest BCUT2D eigenvalue weighted by Crippen LogP contribution is -2.36. The third-order valence-corrected chi connectivity index (χ3v) is 2.15. The maximum Gasteiger partial charge on any atom is 0.260 e. The van der Waals surface area contributed by atoms with Gasteiger partial charge in [0, 0.05) is 6.20 Å². The number of aromatic nitrogens is 1. The third kappa shape index (κ3) is 2.99. The van der Waals surface area contributed by atoms with Crippen molar-refractivity contribution in [3.05, 3.63) is 34.2 Å². The van der Waals surface area contributed by atoms with Crippen LogP contribution in [0.3, 0.4) is 0 Å². The maximum absolute atomic E-state index is 11.7. The van der Waals surface area contributed by atoms with Gasteiger partial charge >= 0.3 is 0 Å². The highest BCUT2D eigenvalue weighted by atomic mass is 16.2. The second kappa shape index (κ2) is 5.76. The van der Waals surface area contributed by atoms with E-state index in [1.807, 2.05) is 6.92 Å². The number of carbonyl (C=O) groups excluding carboxylic acids is 1. The van der Waals surface area contributed by atoms with Crippen LogP contribution in [-0.2, 0) is 0 Å². The molecule has 1 unspecified atom stereocenters. The molecule has 1 amide bonds. The van der Waals surface area contributed by atoms with Crippen LogP contribution in [0.15, 0.2) is 23.1 Å². The molecular formula is C12H14N2O2. The molecule has 0 saturated heterocycles. The van der Waals surface area contributed by atoms with Crippen molar-refractivity contribution in [2.24, 2.45) is 0 Å². The van der Waals surface area contributed by atoms with Gasteiger partial charge in [-0.1, -0.05) is 19.3 Å². The second-order valence-electron chi connectivity index (χ2n) is 3.39. The van der Waals surface area contributed by atoms with E-state index in [9.17, 15) is 9.59 Å². The first-order valence-corrected chi connectivity index (χ1v) is 5.13. The largest absolute Gasteiger partial charge is 0.338 e. The van der Waals surface area contributed by atoms with Crippen molar-refractivity contribution in [3.8, 4) is 12.3 Å². The second-order valence-corrected chi connectivity index (χ2v) is 3.39. The molecule has 0 aliphatic heterocycles. The normalized spacial score (nSPS) is 11.5. The molecule has 0 aliphatic carbocycles. The molecule has 1 heterocycles. The Labute approximate surface area is 94.1 Å². The summed E-state index contributed by atoms with van der Waals surface area (Å²) in [4.78, 5) is 25.4. The standard InChI is InChI=1S/C12H14N2O2/c1-3-6-9(4-2)14-12(16)10-7-5-8-13-11(10)15/h2,5,7-9H,3,6H2,1H3,(H,13,15)(H,14,16). The molecule has 0 bridgehead atoms. The summed E-state index contributed by atoms with van der Waals surface area (Å²) in [5.41, 5.74) is -0.328. The van der Waals surface area contributed by atoms with Gasteiger partial charge in [-0.15, -0.1) is 6.42 Å². The van der Waals surface area contributed by atoms with Crippen LogP contribution in [0.5, 0.6) is 0 Å². The van der Waals surface area contributed by atoms with Gasteiger partial charge in [0.1, 0.15) is 5.56 Å². The van der Waals surface area contributed by atoms with E-state index >= 15 is 0 Å².